The lowest BCUT2D eigenvalue weighted by Crippen LogP contribution is -2.31. The minimum atomic E-state index is -3.31. The predicted molar refractivity (Wildman–Crippen MR) is 122 cm³/mol. The van der Waals surface area contributed by atoms with Crippen molar-refractivity contribution in [3.05, 3.63) is 70.7 Å². The van der Waals surface area contributed by atoms with Crippen molar-refractivity contribution in [2.75, 3.05) is 19.5 Å². The molecule has 0 saturated carbocycles. The lowest BCUT2D eigenvalue weighted by atomic mass is 10.1. The summed E-state index contributed by atoms with van der Waals surface area (Å²) >= 11 is 0. The van der Waals surface area contributed by atoms with Crippen LogP contribution in [-0.2, 0) is 26.9 Å². The van der Waals surface area contributed by atoms with E-state index in [-0.39, 0.29) is 24.0 Å². The Morgan fingerprint density at radius 2 is 1.88 bits per heavy atom. The number of fused-ring (bicyclic) bond motifs is 2. The fraction of sp³-hybridized carbons (Fsp3) is 0.348. The van der Waals surface area contributed by atoms with Crippen LogP contribution in [0.5, 0.6) is 0 Å². The summed E-state index contributed by atoms with van der Waals surface area (Å²) in [5, 5.41) is 1.70. The van der Waals surface area contributed by atoms with Crippen LogP contribution < -0.4 is 5.69 Å². The third-order valence-electron chi connectivity index (χ3n) is 6.03. The fourth-order valence-electron chi connectivity index (χ4n) is 4.55. The molecule has 9 heteroatoms. The Balaban J connectivity index is 1.68. The molecule has 0 N–H and O–H groups in total. The van der Waals surface area contributed by atoms with E-state index in [4.69, 9.17) is 4.74 Å². The highest BCUT2D eigenvalue weighted by Crippen LogP contribution is 2.27. The van der Waals surface area contributed by atoms with Gasteiger partial charge in [-0.3, -0.25) is 19.1 Å². The van der Waals surface area contributed by atoms with Gasteiger partial charge in [0.2, 0.25) is 0 Å². The van der Waals surface area contributed by atoms with Crippen molar-refractivity contribution in [1.29, 1.82) is 0 Å². The summed E-state index contributed by atoms with van der Waals surface area (Å²) in [5.41, 5.74) is 2.60. The molecule has 0 bridgehead atoms. The number of hydrogen-bond acceptors (Lipinski definition) is 6. The molecule has 1 saturated heterocycles. The zero-order chi connectivity index (χ0) is 22.3. The average Bonchev–Trinajstić information content (AvgIpc) is 3.06. The van der Waals surface area contributed by atoms with E-state index in [1.54, 1.807) is 23.2 Å². The summed E-state index contributed by atoms with van der Waals surface area (Å²) < 4.78 is 33.4. The topological polar surface area (TPSA) is 96.1 Å². The number of rotatable bonds is 5. The summed E-state index contributed by atoms with van der Waals surface area (Å²) in [6.45, 7) is 1.42. The standard InChI is InChI=1S/C23H24N4O4S/c1-32(29,30)15-19-18-5-3-2-4-16(18)12-25-20(19)14-26-22-13-24-9-6-21(22)27(23(26)28)17-7-10-31-11-8-17/h2-6,9,12-13,17H,7-8,10-11,14-15H2,1H3. The molecule has 8 nitrogen and oxygen atoms in total. The van der Waals surface area contributed by atoms with Crippen LogP contribution in [0.15, 0.2) is 53.7 Å². The van der Waals surface area contributed by atoms with Crippen molar-refractivity contribution in [3.8, 4) is 0 Å². The molecule has 1 aliphatic heterocycles. The van der Waals surface area contributed by atoms with E-state index in [2.05, 4.69) is 9.97 Å². The summed E-state index contributed by atoms with van der Waals surface area (Å²) in [6.07, 6.45) is 7.86. The number of pyridine rings is 2. The van der Waals surface area contributed by atoms with Crippen LogP contribution in [0.2, 0.25) is 0 Å². The maximum absolute atomic E-state index is 13.6. The van der Waals surface area contributed by atoms with Crippen LogP contribution >= 0.6 is 0 Å². The third-order valence-corrected chi connectivity index (χ3v) is 6.84. The maximum Gasteiger partial charge on any atom is 0.329 e. The van der Waals surface area contributed by atoms with E-state index < -0.39 is 9.84 Å². The SMILES string of the molecule is CS(=O)(=O)Cc1c(Cn2c(=O)n(C3CCOCC3)c3ccncc32)ncc2ccccc12. The number of ether oxygens (including phenoxy) is 1. The summed E-state index contributed by atoms with van der Waals surface area (Å²) in [6, 6.07) is 9.49. The van der Waals surface area contributed by atoms with E-state index in [9.17, 15) is 13.2 Å². The molecule has 32 heavy (non-hydrogen) atoms. The van der Waals surface area contributed by atoms with Gasteiger partial charge in [0, 0.05) is 43.3 Å². The Labute approximate surface area is 185 Å². The van der Waals surface area contributed by atoms with Gasteiger partial charge in [0.1, 0.15) is 0 Å². The molecule has 0 radical (unpaired) electrons. The van der Waals surface area contributed by atoms with Gasteiger partial charge in [-0.05, 0) is 29.9 Å². The van der Waals surface area contributed by atoms with Gasteiger partial charge in [0.15, 0.2) is 9.84 Å². The molecular formula is C23H24N4O4S. The smallest absolute Gasteiger partial charge is 0.329 e. The van der Waals surface area contributed by atoms with Crippen LogP contribution in [0.4, 0.5) is 0 Å². The Hall–Kier alpha value is -3.04. The molecule has 1 aromatic carbocycles. The maximum atomic E-state index is 13.6. The van der Waals surface area contributed by atoms with Crippen molar-refractivity contribution in [2.45, 2.75) is 31.2 Å². The number of aromatic nitrogens is 4. The van der Waals surface area contributed by atoms with Gasteiger partial charge < -0.3 is 4.74 Å². The Kier molecular flexibility index (Phi) is 5.30. The zero-order valence-electron chi connectivity index (χ0n) is 17.8. The highest BCUT2D eigenvalue weighted by atomic mass is 32.2. The second kappa shape index (κ2) is 8.14. The van der Waals surface area contributed by atoms with Gasteiger partial charge in [-0.2, -0.15) is 0 Å². The van der Waals surface area contributed by atoms with Crippen LogP contribution in [-0.4, -0.2) is 47.0 Å². The van der Waals surface area contributed by atoms with E-state index >= 15 is 0 Å². The van der Waals surface area contributed by atoms with E-state index in [1.807, 2.05) is 34.9 Å². The van der Waals surface area contributed by atoms with Crippen LogP contribution in [0.1, 0.15) is 30.1 Å². The number of sulfone groups is 1. The van der Waals surface area contributed by atoms with Crippen molar-refractivity contribution < 1.29 is 13.2 Å². The van der Waals surface area contributed by atoms with Gasteiger partial charge >= 0.3 is 5.69 Å². The molecule has 3 aromatic heterocycles. The molecule has 4 heterocycles. The quantitative estimate of drug-likeness (QED) is 0.462. The zero-order valence-corrected chi connectivity index (χ0v) is 18.6. The second-order valence-corrected chi connectivity index (χ2v) is 10.4. The first-order valence-corrected chi connectivity index (χ1v) is 12.6. The molecule has 0 spiro atoms. The fourth-order valence-corrected chi connectivity index (χ4v) is 5.40. The first-order chi connectivity index (χ1) is 15.4. The predicted octanol–water partition coefficient (Wildman–Crippen LogP) is 2.69. The summed E-state index contributed by atoms with van der Waals surface area (Å²) in [5.74, 6) is -0.137. The molecule has 1 aliphatic rings. The number of hydrogen-bond donors (Lipinski definition) is 0. The van der Waals surface area contributed by atoms with Crippen molar-refractivity contribution >= 4 is 31.6 Å². The molecule has 0 amide bonds. The highest BCUT2D eigenvalue weighted by molar-refractivity contribution is 7.89. The van der Waals surface area contributed by atoms with Gasteiger partial charge in [-0.15, -0.1) is 0 Å². The molecule has 0 atom stereocenters. The first kappa shape index (κ1) is 20.8. The number of benzene rings is 1. The summed E-state index contributed by atoms with van der Waals surface area (Å²) in [7, 11) is -3.31. The lowest BCUT2D eigenvalue weighted by Gasteiger charge is -2.23. The lowest BCUT2D eigenvalue weighted by molar-refractivity contribution is 0.0696. The van der Waals surface area contributed by atoms with E-state index in [1.165, 1.54) is 6.26 Å². The first-order valence-electron chi connectivity index (χ1n) is 10.6. The largest absolute Gasteiger partial charge is 0.381 e. The monoisotopic (exact) mass is 452 g/mol. The number of nitrogens with zero attached hydrogens (tertiary/aromatic N) is 4. The normalized spacial score (nSPS) is 15.5. The summed E-state index contributed by atoms with van der Waals surface area (Å²) in [4.78, 5) is 22.4. The van der Waals surface area contributed by atoms with Crippen LogP contribution in [0.25, 0.3) is 21.8 Å². The molecule has 0 aliphatic carbocycles. The molecular weight excluding hydrogens is 428 g/mol. The average molecular weight is 453 g/mol. The molecule has 1 fully saturated rings. The minimum Gasteiger partial charge on any atom is -0.381 e. The Morgan fingerprint density at radius 1 is 1.09 bits per heavy atom. The molecule has 5 rings (SSSR count). The molecule has 4 aromatic rings. The van der Waals surface area contributed by atoms with Crippen molar-refractivity contribution in [3.63, 3.8) is 0 Å². The Bertz CT molecular complexity index is 1470. The second-order valence-electron chi connectivity index (χ2n) is 8.29. The van der Waals surface area contributed by atoms with Gasteiger partial charge in [-0.25, -0.2) is 13.2 Å². The van der Waals surface area contributed by atoms with Crippen LogP contribution in [0, 0.1) is 0 Å². The third kappa shape index (κ3) is 3.82. The van der Waals surface area contributed by atoms with E-state index in [0.29, 0.717) is 30.0 Å². The Morgan fingerprint density at radius 3 is 2.66 bits per heavy atom. The van der Waals surface area contributed by atoms with Gasteiger partial charge in [0.05, 0.1) is 35.2 Å². The number of imidazole rings is 1. The van der Waals surface area contributed by atoms with Crippen molar-refractivity contribution in [2.24, 2.45) is 0 Å². The van der Waals surface area contributed by atoms with Gasteiger partial charge in [-0.1, -0.05) is 24.3 Å². The van der Waals surface area contributed by atoms with Gasteiger partial charge in [0.25, 0.3) is 0 Å². The highest BCUT2D eigenvalue weighted by Gasteiger charge is 2.24. The molecule has 166 valence electrons. The van der Waals surface area contributed by atoms with E-state index in [0.717, 1.165) is 29.1 Å². The molecule has 0 unspecified atom stereocenters. The van der Waals surface area contributed by atoms with Crippen molar-refractivity contribution in [1.82, 2.24) is 19.1 Å². The van der Waals surface area contributed by atoms with Crippen LogP contribution in [0.3, 0.4) is 0 Å². The minimum absolute atomic E-state index is 0.0578.